The lowest BCUT2D eigenvalue weighted by atomic mass is 9.82. The van der Waals surface area contributed by atoms with Crippen LogP contribution in [0.1, 0.15) is 43.2 Å². The average molecular weight is 469 g/mol. The molecule has 2 N–H and O–H groups in total. The zero-order valence-corrected chi connectivity index (χ0v) is 19.8. The summed E-state index contributed by atoms with van der Waals surface area (Å²) in [4.78, 5) is 13.6. The Morgan fingerprint density at radius 3 is 2.53 bits per heavy atom. The van der Waals surface area contributed by atoms with Gasteiger partial charge in [0.05, 0.1) is 4.90 Å². The molecule has 0 bridgehead atoms. The molecule has 1 aliphatic carbocycles. The molecule has 0 atom stereocenters. The zero-order valence-electron chi connectivity index (χ0n) is 18.1. The van der Waals surface area contributed by atoms with Gasteiger partial charge in [0.2, 0.25) is 15.9 Å². The number of carbonyl (C=O) groups is 1. The van der Waals surface area contributed by atoms with Crippen LogP contribution in [0.25, 0.3) is 11.1 Å². The number of hydrogen-bond donors (Lipinski definition) is 2. The maximum absolute atomic E-state index is 13.4. The monoisotopic (exact) mass is 468 g/mol. The number of amides is 1. The lowest BCUT2D eigenvalue weighted by Gasteiger charge is -2.36. The normalized spacial score (nSPS) is 15.9. The van der Waals surface area contributed by atoms with E-state index in [4.69, 9.17) is 0 Å². The van der Waals surface area contributed by atoms with Crippen molar-refractivity contribution in [2.75, 3.05) is 0 Å². The van der Waals surface area contributed by atoms with Gasteiger partial charge in [-0.1, -0.05) is 55.7 Å². The molecule has 1 aromatic heterocycles. The van der Waals surface area contributed by atoms with Crippen LogP contribution in [-0.2, 0) is 21.4 Å². The first-order valence-electron chi connectivity index (χ1n) is 10.9. The van der Waals surface area contributed by atoms with Crippen molar-refractivity contribution < 1.29 is 13.2 Å². The van der Waals surface area contributed by atoms with Gasteiger partial charge in [-0.3, -0.25) is 4.79 Å². The molecular weight excluding hydrogens is 440 g/mol. The molecule has 0 spiro atoms. The second-order valence-electron chi connectivity index (χ2n) is 8.42. The van der Waals surface area contributed by atoms with Gasteiger partial charge in [-0.25, -0.2) is 8.42 Å². The summed E-state index contributed by atoms with van der Waals surface area (Å²) in [6, 6.07) is 16.8. The van der Waals surface area contributed by atoms with Crippen molar-refractivity contribution in [3.8, 4) is 11.1 Å². The molecule has 1 saturated carbocycles. The van der Waals surface area contributed by atoms with Crippen molar-refractivity contribution in [2.45, 2.75) is 56.0 Å². The van der Waals surface area contributed by atoms with Crippen molar-refractivity contribution in [3.05, 3.63) is 76.5 Å². The van der Waals surface area contributed by atoms with Crippen molar-refractivity contribution >= 4 is 27.3 Å². The van der Waals surface area contributed by atoms with Crippen LogP contribution in [-0.4, -0.2) is 19.9 Å². The summed E-state index contributed by atoms with van der Waals surface area (Å²) in [5.74, 6) is -0.256. The van der Waals surface area contributed by atoms with E-state index in [0.29, 0.717) is 19.4 Å². The number of nitrogens with one attached hydrogen (secondary N) is 2. The Morgan fingerprint density at radius 1 is 1.03 bits per heavy atom. The van der Waals surface area contributed by atoms with Crippen LogP contribution in [0.2, 0.25) is 0 Å². The van der Waals surface area contributed by atoms with E-state index >= 15 is 0 Å². The number of benzene rings is 2. The van der Waals surface area contributed by atoms with Crippen LogP contribution in [0.4, 0.5) is 0 Å². The molecule has 1 amide bonds. The SMILES string of the molecule is Cc1cccc(S(=O)(=O)NC2(C(=O)NCc3ccccc3-c3ccsc3)CCCCC2)c1. The molecule has 3 aromatic rings. The fraction of sp³-hybridized carbons (Fsp3) is 0.320. The lowest BCUT2D eigenvalue weighted by molar-refractivity contribution is -0.128. The molecular formula is C25H28N2O3S2. The van der Waals surface area contributed by atoms with Gasteiger partial charge in [-0.2, -0.15) is 16.1 Å². The lowest BCUT2D eigenvalue weighted by Crippen LogP contribution is -2.59. The second kappa shape index (κ2) is 9.57. The largest absolute Gasteiger partial charge is 0.350 e. The summed E-state index contributed by atoms with van der Waals surface area (Å²) >= 11 is 1.63. The first-order chi connectivity index (χ1) is 15.4. The summed E-state index contributed by atoms with van der Waals surface area (Å²) in [5.41, 5.74) is 2.93. The highest BCUT2D eigenvalue weighted by atomic mass is 32.2. The smallest absolute Gasteiger partial charge is 0.241 e. The average Bonchev–Trinajstić information content (AvgIpc) is 3.33. The highest BCUT2D eigenvalue weighted by Gasteiger charge is 2.43. The predicted molar refractivity (Wildman–Crippen MR) is 129 cm³/mol. The molecule has 32 heavy (non-hydrogen) atoms. The minimum absolute atomic E-state index is 0.193. The van der Waals surface area contributed by atoms with Crippen LogP contribution in [0.3, 0.4) is 0 Å². The first kappa shape index (κ1) is 22.7. The van der Waals surface area contributed by atoms with E-state index in [0.717, 1.165) is 41.5 Å². The molecule has 1 heterocycles. The third-order valence-corrected chi connectivity index (χ3v) is 8.28. The molecule has 5 nitrogen and oxygen atoms in total. The number of carbonyl (C=O) groups excluding carboxylic acids is 1. The van der Waals surface area contributed by atoms with Crippen molar-refractivity contribution in [1.29, 1.82) is 0 Å². The van der Waals surface area contributed by atoms with Gasteiger partial charge in [-0.05, 0) is 71.0 Å². The van der Waals surface area contributed by atoms with E-state index in [-0.39, 0.29) is 10.8 Å². The number of hydrogen-bond acceptors (Lipinski definition) is 4. The van der Waals surface area contributed by atoms with E-state index < -0.39 is 15.6 Å². The Bertz CT molecular complexity index is 1180. The van der Waals surface area contributed by atoms with E-state index in [1.54, 1.807) is 29.5 Å². The van der Waals surface area contributed by atoms with Gasteiger partial charge >= 0.3 is 0 Å². The van der Waals surface area contributed by atoms with Gasteiger partial charge < -0.3 is 5.32 Å². The van der Waals surface area contributed by atoms with Crippen LogP contribution in [0, 0.1) is 6.92 Å². The van der Waals surface area contributed by atoms with Crippen molar-refractivity contribution in [1.82, 2.24) is 10.0 Å². The Hall–Kier alpha value is -2.48. The number of sulfonamides is 1. The molecule has 4 rings (SSSR count). The maximum atomic E-state index is 13.4. The Balaban J connectivity index is 1.56. The highest BCUT2D eigenvalue weighted by molar-refractivity contribution is 7.89. The Morgan fingerprint density at radius 2 is 1.81 bits per heavy atom. The number of aryl methyl sites for hydroxylation is 1. The summed E-state index contributed by atoms with van der Waals surface area (Å²) in [6.45, 7) is 2.20. The topological polar surface area (TPSA) is 75.3 Å². The van der Waals surface area contributed by atoms with Crippen LogP contribution in [0.5, 0.6) is 0 Å². The van der Waals surface area contributed by atoms with Gasteiger partial charge in [0.1, 0.15) is 5.54 Å². The standard InChI is InChI=1S/C25H28N2O3S2/c1-19-8-7-10-22(16-19)32(29,30)27-25(13-5-2-6-14-25)24(28)26-17-20-9-3-4-11-23(20)21-12-15-31-18-21/h3-4,7-12,15-16,18,27H,2,5-6,13-14,17H2,1H3,(H,26,28). The summed E-state index contributed by atoms with van der Waals surface area (Å²) in [6.07, 6.45) is 3.62. The fourth-order valence-corrected chi connectivity index (χ4v) is 6.53. The van der Waals surface area contributed by atoms with E-state index in [1.807, 2.05) is 42.6 Å². The maximum Gasteiger partial charge on any atom is 0.241 e. The van der Waals surface area contributed by atoms with Gasteiger partial charge in [0.15, 0.2) is 0 Å². The minimum atomic E-state index is -3.82. The van der Waals surface area contributed by atoms with Crippen molar-refractivity contribution in [3.63, 3.8) is 0 Å². The third-order valence-electron chi connectivity index (χ3n) is 6.06. The first-order valence-corrected chi connectivity index (χ1v) is 13.3. The minimum Gasteiger partial charge on any atom is -0.350 e. The van der Waals surface area contributed by atoms with Gasteiger partial charge in [-0.15, -0.1) is 0 Å². The number of rotatable bonds is 7. The molecule has 7 heteroatoms. The van der Waals surface area contributed by atoms with Gasteiger partial charge in [0, 0.05) is 6.54 Å². The molecule has 1 fully saturated rings. The summed E-state index contributed by atoms with van der Waals surface area (Å²) in [7, 11) is -3.82. The molecule has 1 aliphatic rings. The van der Waals surface area contributed by atoms with Gasteiger partial charge in [0.25, 0.3) is 0 Å². The predicted octanol–water partition coefficient (Wildman–Crippen LogP) is 5.02. The van der Waals surface area contributed by atoms with Crippen LogP contribution < -0.4 is 10.0 Å². The molecule has 0 unspecified atom stereocenters. The molecule has 2 aromatic carbocycles. The van der Waals surface area contributed by atoms with E-state index in [9.17, 15) is 13.2 Å². The Labute approximate surface area is 193 Å². The fourth-order valence-electron chi connectivity index (χ4n) is 4.35. The van der Waals surface area contributed by atoms with Crippen LogP contribution >= 0.6 is 11.3 Å². The molecule has 168 valence electrons. The molecule has 0 aliphatic heterocycles. The van der Waals surface area contributed by atoms with E-state index in [2.05, 4.69) is 21.5 Å². The third kappa shape index (κ3) is 4.95. The second-order valence-corrected chi connectivity index (χ2v) is 10.9. The number of thiophene rings is 1. The summed E-state index contributed by atoms with van der Waals surface area (Å²) in [5, 5.41) is 7.15. The highest BCUT2D eigenvalue weighted by Crippen LogP contribution is 2.31. The van der Waals surface area contributed by atoms with Crippen molar-refractivity contribution in [2.24, 2.45) is 0 Å². The summed E-state index contributed by atoms with van der Waals surface area (Å²) < 4.78 is 29.1. The zero-order chi connectivity index (χ0) is 22.6. The Kier molecular flexibility index (Phi) is 6.79. The van der Waals surface area contributed by atoms with E-state index in [1.165, 1.54) is 0 Å². The molecule has 0 saturated heterocycles. The quantitative estimate of drug-likeness (QED) is 0.511. The molecule has 0 radical (unpaired) electrons. The van der Waals surface area contributed by atoms with Crippen LogP contribution in [0.15, 0.2) is 70.3 Å².